The molecule has 2 atom stereocenters. The van der Waals surface area contributed by atoms with Gasteiger partial charge in [0.25, 0.3) is 6.07 Å². The Kier molecular flexibility index (Phi) is 4.18. The molecule has 1 fully saturated rings. The summed E-state index contributed by atoms with van der Waals surface area (Å²) in [5.74, 6) is -0.473. The summed E-state index contributed by atoms with van der Waals surface area (Å²) in [6, 6.07) is 2.43. The van der Waals surface area contributed by atoms with Crippen molar-refractivity contribution in [3.05, 3.63) is 22.4 Å². The molecule has 1 heterocycles. The maximum Gasteiger partial charge on any atom is 0.298 e. The molecule has 1 aliphatic heterocycles. The van der Waals surface area contributed by atoms with Crippen LogP contribution in [-0.4, -0.2) is 18.0 Å². The van der Waals surface area contributed by atoms with E-state index in [1.807, 2.05) is 27.7 Å². The zero-order valence-electron chi connectivity index (χ0n) is 11.1. The molecule has 0 amide bonds. The second kappa shape index (κ2) is 5.07. The van der Waals surface area contributed by atoms with E-state index >= 15 is 0 Å². The Morgan fingerprint density at radius 2 is 2.18 bits per heavy atom. The lowest BCUT2D eigenvalue weighted by atomic mass is 9.80. The van der Waals surface area contributed by atoms with E-state index in [0.717, 1.165) is 5.57 Å². The van der Waals surface area contributed by atoms with Crippen molar-refractivity contribution in [1.29, 1.82) is 0 Å². The molecule has 0 aromatic carbocycles. The molecule has 0 unspecified atom stereocenters. The molecule has 0 bridgehead atoms. The smallest absolute Gasteiger partial charge is 0.298 e. The molecule has 0 N–H and O–H groups in total. The first-order valence-corrected chi connectivity index (χ1v) is 5.85. The quantitative estimate of drug-likeness (QED) is 0.560. The number of ether oxygens (including phenoxy) is 2. The van der Waals surface area contributed by atoms with Gasteiger partial charge in [0, 0.05) is 10.9 Å². The highest BCUT2D eigenvalue weighted by molar-refractivity contribution is 5.08. The molecular formula is C13H21NO3. The molecule has 0 spiro atoms. The Labute approximate surface area is 103 Å². The van der Waals surface area contributed by atoms with Crippen molar-refractivity contribution in [2.75, 3.05) is 6.61 Å². The first-order valence-electron chi connectivity index (χ1n) is 5.85. The van der Waals surface area contributed by atoms with Gasteiger partial charge in [0.05, 0.1) is 18.6 Å². The monoisotopic (exact) mass is 239 g/mol. The summed E-state index contributed by atoms with van der Waals surface area (Å²) in [6.07, 6.45) is 1.17. The van der Waals surface area contributed by atoms with Crippen molar-refractivity contribution < 1.29 is 9.47 Å². The molecule has 1 aliphatic rings. The van der Waals surface area contributed by atoms with Gasteiger partial charge in [-0.3, -0.25) is 0 Å². The van der Waals surface area contributed by atoms with Crippen molar-refractivity contribution in [3.63, 3.8) is 0 Å². The van der Waals surface area contributed by atoms with Gasteiger partial charge in [0.1, 0.15) is 0 Å². The fourth-order valence-electron chi connectivity index (χ4n) is 2.36. The molecule has 1 rings (SSSR count). The van der Waals surface area contributed by atoms with Gasteiger partial charge in [-0.2, -0.15) is 0 Å². The molecule has 4 heteroatoms. The molecule has 0 aromatic heterocycles. The van der Waals surface area contributed by atoms with E-state index in [4.69, 9.17) is 9.47 Å². The summed E-state index contributed by atoms with van der Waals surface area (Å²) < 4.78 is 11.7. The second-order valence-electron chi connectivity index (χ2n) is 5.27. The lowest BCUT2D eigenvalue weighted by Crippen LogP contribution is -2.53. The summed E-state index contributed by atoms with van der Waals surface area (Å²) in [5, 5.41) is 12.7. The summed E-state index contributed by atoms with van der Waals surface area (Å²) in [6.45, 7) is 12.4. The topological polar surface area (TPSA) is 45.9 Å². The van der Waals surface area contributed by atoms with Crippen LogP contribution in [-0.2, 0) is 9.47 Å². The SMILES string of the molecule is C=C(C)[C@@H]1COC(C)(C)O[C@@]1(C)CCC#[N+][O-]. The summed E-state index contributed by atoms with van der Waals surface area (Å²) in [4.78, 5) is 0. The largest absolute Gasteiger partial charge is 0.498 e. The van der Waals surface area contributed by atoms with Crippen LogP contribution in [0.3, 0.4) is 0 Å². The van der Waals surface area contributed by atoms with Gasteiger partial charge in [-0.25, -0.2) is 0 Å². The highest BCUT2D eigenvalue weighted by Crippen LogP contribution is 2.40. The molecule has 4 nitrogen and oxygen atoms in total. The number of hydrogen-bond donors (Lipinski definition) is 0. The van der Waals surface area contributed by atoms with E-state index in [2.05, 4.69) is 17.7 Å². The van der Waals surface area contributed by atoms with Crippen molar-refractivity contribution in [2.24, 2.45) is 5.92 Å². The second-order valence-corrected chi connectivity index (χ2v) is 5.27. The Morgan fingerprint density at radius 3 is 2.71 bits per heavy atom. The van der Waals surface area contributed by atoms with E-state index in [1.165, 1.54) is 0 Å². The predicted octanol–water partition coefficient (Wildman–Crippen LogP) is 3.33. The molecule has 0 radical (unpaired) electrons. The van der Waals surface area contributed by atoms with E-state index in [-0.39, 0.29) is 11.5 Å². The minimum atomic E-state index is -0.602. The number of hydrogen-bond acceptors (Lipinski definition) is 3. The van der Waals surface area contributed by atoms with E-state index in [0.29, 0.717) is 19.4 Å². The lowest BCUT2D eigenvalue weighted by Gasteiger charge is -2.48. The fourth-order valence-corrected chi connectivity index (χ4v) is 2.36. The highest BCUT2D eigenvalue weighted by Gasteiger charge is 2.45. The van der Waals surface area contributed by atoms with Gasteiger partial charge in [-0.05, 0) is 34.1 Å². The molecule has 0 aliphatic carbocycles. The van der Waals surface area contributed by atoms with Gasteiger partial charge in [-0.1, -0.05) is 12.2 Å². The van der Waals surface area contributed by atoms with Crippen LogP contribution < -0.4 is 0 Å². The maximum absolute atomic E-state index is 10.0. The van der Waals surface area contributed by atoms with Gasteiger partial charge in [0.15, 0.2) is 5.79 Å². The highest BCUT2D eigenvalue weighted by atomic mass is 16.7. The average molecular weight is 239 g/mol. The van der Waals surface area contributed by atoms with Gasteiger partial charge in [0.2, 0.25) is 0 Å². The average Bonchev–Trinajstić information content (AvgIpc) is 2.15. The van der Waals surface area contributed by atoms with E-state index < -0.39 is 5.79 Å². The number of rotatable bonds is 3. The van der Waals surface area contributed by atoms with Crippen LogP contribution >= 0.6 is 0 Å². The molecule has 17 heavy (non-hydrogen) atoms. The molecule has 0 saturated carbocycles. The maximum atomic E-state index is 10.0. The van der Waals surface area contributed by atoms with Crippen molar-refractivity contribution in [2.45, 2.75) is 51.9 Å². The Hall–Kier alpha value is -1.05. The Morgan fingerprint density at radius 1 is 1.53 bits per heavy atom. The zero-order valence-corrected chi connectivity index (χ0v) is 11.1. The number of nitrogens with zero attached hydrogens (tertiary/aromatic N) is 1. The summed E-state index contributed by atoms with van der Waals surface area (Å²) in [5.41, 5.74) is 0.646. The third-order valence-corrected chi connectivity index (χ3v) is 3.21. The van der Waals surface area contributed by atoms with Gasteiger partial charge < -0.3 is 14.7 Å². The van der Waals surface area contributed by atoms with Crippen molar-refractivity contribution in [3.8, 4) is 6.07 Å². The van der Waals surface area contributed by atoms with Crippen LogP contribution in [0, 0.1) is 17.2 Å². The van der Waals surface area contributed by atoms with Crippen LogP contribution in [0.5, 0.6) is 0 Å². The van der Waals surface area contributed by atoms with E-state index in [1.54, 1.807) is 0 Å². The normalized spacial score (nSPS) is 31.4. The van der Waals surface area contributed by atoms with Crippen LogP contribution in [0.1, 0.15) is 40.5 Å². The Bertz CT molecular complexity index is 353. The van der Waals surface area contributed by atoms with Crippen LogP contribution in [0.25, 0.3) is 5.01 Å². The third kappa shape index (κ3) is 3.45. The van der Waals surface area contributed by atoms with Crippen LogP contribution in [0.4, 0.5) is 0 Å². The fraction of sp³-hybridized carbons (Fsp3) is 0.769. The minimum Gasteiger partial charge on any atom is -0.498 e. The summed E-state index contributed by atoms with van der Waals surface area (Å²) >= 11 is 0. The van der Waals surface area contributed by atoms with Crippen molar-refractivity contribution >= 4 is 0 Å². The van der Waals surface area contributed by atoms with Gasteiger partial charge >= 0.3 is 0 Å². The van der Waals surface area contributed by atoms with Crippen molar-refractivity contribution in [1.82, 2.24) is 0 Å². The molecule has 96 valence electrons. The first kappa shape index (κ1) is 14.0. The summed E-state index contributed by atoms with van der Waals surface area (Å²) in [7, 11) is 0. The van der Waals surface area contributed by atoms with E-state index in [9.17, 15) is 5.21 Å². The predicted molar refractivity (Wildman–Crippen MR) is 67.7 cm³/mol. The Balaban J connectivity index is 2.84. The molecule has 0 aromatic rings. The van der Waals surface area contributed by atoms with Crippen LogP contribution in [0.15, 0.2) is 12.2 Å². The standard InChI is InChI=1S/C13H21NO3/c1-10(2)11-9-16-12(3,4)17-13(11,5)7-6-8-14-15/h11H,1,6-7,9H2,2-5H3/t11-,13-/m0/s1. The van der Waals surface area contributed by atoms with Gasteiger partial charge in [-0.15, -0.1) is 0 Å². The molecular weight excluding hydrogens is 218 g/mol. The van der Waals surface area contributed by atoms with Crippen LogP contribution in [0.2, 0.25) is 0 Å². The lowest BCUT2D eigenvalue weighted by molar-refractivity contribution is -0.323. The third-order valence-electron chi connectivity index (χ3n) is 3.21. The molecule has 1 saturated heterocycles. The minimum absolute atomic E-state index is 0.129. The first-order chi connectivity index (χ1) is 7.81. The zero-order chi connectivity index (χ0) is 13.1.